The number of carbonyl (C=O) groups excluding carboxylic acids is 2. The van der Waals surface area contributed by atoms with Crippen molar-refractivity contribution in [2.24, 2.45) is 0 Å². The van der Waals surface area contributed by atoms with Gasteiger partial charge in [0.15, 0.2) is 0 Å². The number of para-hydroxylation sites is 1. The Morgan fingerprint density at radius 1 is 1.00 bits per heavy atom. The summed E-state index contributed by atoms with van der Waals surface area (Å²) in [7, 11) is 0. The van der Waals surface area contributed by atoms with Gasteiger partial charge in [0.1, 0.15) is 17.1 Å². The lowest BCUT2D eigenvalue weighted by Gasteiger charge is -2.09. The Balaban J connectivity index is 2.22. The summed E-state index contributed by atoms with van der Waals surface area (Å²) in [6.07, 6.45) is 0.857. The highest BCUT2D eigenvalue weighted by molar-refractivity contribution is 5.94. The fourth-order valence-corrected chi connectivity index (χ4v) is 1.87. The van der Waals surface area contributed by atoms with E-state index in [4.69, 9.17) is 9.47 Å². The predicted octanol–water partition coefficient (Wildman–Crippen LogP) is 3.39. The summed E-state index contributed by atoms with van der Waals surface area (Å²) in [5.74, 6) is -0.373. The molecule has 0 spiro atoms. The van der Waals surface area contributed by atoms with Crippen molar-refractivity contribution < 1.29 is 19.1 Å². The van der Waals surface area contributed by atoms with Crippen LogP contribution in [-0.4, -0.2) is 11.9 Å². The lowest BCUT2D eigenvalue weighted by molar-refractivity contribution is -0.131. The molecule has 2 aromatic carbocycles. The molecule has 2 rings (SSSR count). The smallest absolute Gasteiger partial charge is 0.347 e. The van der Waals surface area contributed by atoms with Crippen molar-refractivity contribution >= 4 is 11.9 Å². The maximum Gasteiger partial charge on any atom is 0.347 e. The molecule has 2 aromatic rings. The monoisotopic (exact) mass is 284 g/mol. The molecule has 0 unspecified atom stereocenters. The average Bonchev–Trinajstić information content (AvgIpc) is 2.47. The highest BCUT2D eigenvalue weighted by atomic mass is 16.5. The van der Waals surface area contributed by atoms with Gasteiger partial charge in [-0.1, -0.05) is 31.2 Å². The van der Waals surface area contributed by atoms with Crippen LogP contribution in [0.1, 0.15) is 29.8 Å². The van der Waals surface area contributed by atoms with E-state index in [2.05, 4.69) is 0 Å². The number of carbonyl (C=O) groups is 2. The molecule has 0 radical (unpaired) electrons. The first-order chi connectivity index (χ1) is 10.1. The quantitative estimate of drug-likeness (QED) is 0.638. The molecule has 0 heterocycles. The molecule has 4 heteroatoms. The Morgan fingerprint density at radius 2 is 1.76 bits per heavy atom. The van der Waals surface area contributed by atoms with Crippen LogP contribution in [-0.2, 0) is 11.2 Å². The van der Waals surface area contributed by atoms with Gasteiger partial charge in [-0.25, -0.2) is 4.79 Å². The van der Waals surface area contributed by atoms with Crippen LogP contribution in [0, 0.1) is 0 Å². The Kier molecular flexibility index (Phi) is 4.72. The van der Waals surface area contributed by atoms with Crippen molar-refractivity contribution in [1.82, 2.24) is 0 Å². The number of hydrogen-bond donors (Lipinski definition) is 0. The minimum Gasteiger partial charge on any atom is -0.426 e. The number of rotatable bonds is 4. The SMILES string of the molecule is CCc1cccc(OC(=O)c2ccccc2OC(C)=O)c1. The molecular formula is C17H16O4. The van der Waals surface area contributed by atoms with Crippen LogP contribution in [0.4, 0.5) is 0 Å². The second-order valence-corrected chi connectivity index (χ2v) is 4.48. The molecule has 0 bridgehead atoms. The molecule has 0 atom stereocenters. The van der Waals surface area contributed by atoms with Crippen molar-refractivity contribution in [1.29, 1.82) is 0 Å². The molecule has 0 saturated heterocycles. The molecule has 0 N–H and O–H groups in total. The highest BCUT2D eigenvalue weighted by Crippen LogP contribution is 2.21. The van der Waals surface area contributed by atoms with Gasteiger partial charge in [0, 0.05) is 6.92 Å². The summed E-state index contributed by atoms with van der Waals surface area (Å²) in [5, 5.41) is 0. The van der Waals surface area contributed by atoms with Gasteiger partial charge in [-0.15, -0.1) is 0 Å². The third-order valence-corrected chi connectivity index (χ3v) is 2.88. The molecule has 108 valence electrons. The summed E-state index contributed by atoms with van der Waals surface area (Å²) in [6, 6.07) is 13.8. The molecule has 21 heavy (non-hydrogen) atoms. The number of aryl methyl sites for hydroxylation is 1. The van der Waals surface area contributed by atoms with E-state index in [1.54, 1.807) is 30.3 Å². The summed E-state index contributed by atoms with van der Waals surface area (Å²) < 4.78 is 10.3. The van der Waals surface area contributed by atoms with Gasteiger partial charge >= 0.3 is 11.9 Å². The molecular weight excluding hydrogens is 268 g/mol. The van der Waals surface area contributed by atoms with Crippen molar-refractivity contribution in [3.05, 3.63) is 59.7 Å². The van der Waals surface area contributed by atoms with Gasteiger partial charge in [0.2, 0.25) is 0 Å². The zero-order valence-corrected chi connectivity index (χ0v) is 12.0. The molecule has 0 aliphatic heterocycles. The van der Waals surface area contributed by atoms with Crippen molar-refractivity contribution in [3.63, 3.8) is 0 Å². The van der Waals surface area contributed by atoms with E-state index in [0.29, 0.717) is 5.75 Å². The maximum atomic E-state index is 12.2. The summed E-state index contributed by atoms with van der Waals surface area (Å²) in [6.45, 7) is 3.31. The minimum absolute atomic E-state index is 0.196. The van der Waals surface area contributed by atoms with E-state index in [1.807, 2.05) is 25.1 Å². The molecule has 0 amide bonds. The van der Waals surface area contributed by atoms with Crippen LogP contribution >= 0.6 is 0 Å². The first-order valence-electron chi connectivity index (χ1n) is 6.68. The second-order valence-electron chi connectivity index (χ2n) is 4.48. The highest BCUT2D eigenvalue weighted by Gasteiger charge is 2.15. The number of ether oxygens (including phenoxy) is 2. The Labute approximate surface area is 123 Å². The van der Waals surface area contributed by atoms with E-state index in [0.717, 1.165) is 12.0 Å². The minimum atomic E-state index is -0.555. The normalized spacial score (nSPS) is 10.0. The second kappa shape index (κ2) is 6.70. The lowest BCUT2D eigenvalue weighted by atomic mass is 10.1. The number of esters is 2. The van der Waals surface area contributed by atoms with Gasteiger partial charge in [-0.3, -0.25) is 4.79 Å². The first-order valence-corrected chi connectivity index (χ1v) is 6.68. The molecule has 0 aliphatic carbocycles. The Bertz CT molecular complexity index is 661. The molecule has 0 aliphatic rings. The van der Waals surface area contributed by atoms with Gasteiger partial charge in [0.25, 0.3) is 0 Å². The maximum absolute atomic E-state index is 12.2. The summed E-state index contributed by atoms with van der Waals surface area (Å²) in [4.78, 5) is 23.3. The Morgan fingerprint density at radius 3 is 2.48 bits per heavy atom. The lowest BCUT2D eigenvalue weighted by Crippen LogP contribution is -2.12. The van der Waals surface area contributed by atoms with Crippen LogP contribution in [0.2, 0.25) is 0 Å². The van der Waals surface area contributed by atoms with Crippen LogP contribution in [0.15, 0.2) is 48.5 Å². The van der Waals surface area contributed by atoms with Gasteiger partial charge in [-0.05, 0) is 36.2 Å². The zero-order chi connectivity index (χ0) is 15.2. The van der Waals surface area contributed by atoms with Crippen LogP contribution < -0.4 is 9.47 Å². The Hall–Kier alpha value is -2.62. The van der Waals surface area contributed by atoms with Gasteiger partial charge in [0.05, 0.1) is 0 Å². The number of hydrogen-bond acceptors (Lipinski definition) is 4. The van der Waals surface area contributed by atoms with Gasteiger partial charge < -0.3 is 9.47 Å². The largest absolute Gasteiger partial charge is 0.426 e. The van der Waals surface area contributed by atoms with E-state index in [-0.39, 0.29) is 11.3 Å². The average molecular weight is 284 g/mol. The van der Waals surface area contributed by atoms with Crippen molar-refractivity contribution in [3.8, 4) is 11.5 Å². The molecule has 0 saturated carbocycles. The third kappa shape index (κ3) is 3.92. The summed E-state index contributed by atoms with van der Waals surface area (Å²) >= 11 is 0. The van der Waals surface area contributed by atoms with Crippen molar-refractivity contribution in [2.45, 2.75) is 20.3 Å². The van der Waals surface area contributed by atoms with E-state index in [1.165, 1.54) is 6.92 Å². The van der Waals surface area contributed by atoms with E-state index < -0.39 is 11.9 Å². The zero-order valence-electron chi connectivity index (χ0n) is 12.0. The summed E-state index contributed by atoms with van der Waals surface area (Å²) in [5.41, 5.74) is 1.29. The first kappa shape index (κ1) is 14.8. The van der Waals surface area contributed by atoms with Gasteiger partial charge in [-0.2, -0.15) is 0 Å². The van der Waals surface area contributed by atoms with E-state index >= 15 is 0 Å². The van der Waals surface area contributed by atoms with Crippen LogP contribution in [0.3, 0.4) is 0 Å². The van der Waals surface area contributed by atoms with Crippen LogP contribution in [0.5, 0.6) is 11.5 Å². The van der Waals surface area contributed by atoms with E-state index in [9.17, 15) is 9.59 Å². The fraction of sp³-hybridized carbons (Fsp3) is 0.176. The third-order valence-electron chi connectivity index (χ3n) is 2.88. The molecule has 0 aromatic heterocycles. The molecule has 0 fully saturated rings. The topological polar surface area (TPSA) is 52.6 Å². The standard InChI is InChI=1S/C17H16O4/c1-3-13-7-6-8-14(11-13)21-17(19)15-9-4-5-10-16(15)20-12(2)18/h4-11H,3H2,1-2H3. The van der Waals surface area contributed by atoms with Crippen molar-refractivity contribution in [2.75, 3.05) is 0 Å². The molecule has 4 nitrogen and oxygen atoms in total. The fourth-order valence-electron chi connectivity index (χ4n) is 1.87. The number of benzene rings is 2. The predicted molar refractivity (Wildman–Crippen MR) is 78.5 cm³/mol. The van der Waals surface area contributed by atoms with Crippen LogP contribution in [0.25, 0.3) is 0 Å².